The van der Waals surface area contributed by atoms with Crippen molar-refractivity contribution in [2.24, 2.45) is 0 Å². The fraction of sp³-hybridized carbons (Fsp3) is 0.550. The Bertz CT molecular complexity index is 769. The van der Waals surface area contributed by atoms with Crippen molar-refractivity contribution in [2.75, 3.05) is 32.7 Å². The van der Waals surface area contributed by atoms with Crippen molar-refractivity contribution in [3.63, 3.8) is 0 Å². The molecule has 1 amide bonds. The third kappa shape index (κ3) is 5.59. The summed E-state index contributed by atoms with van der Waals surface area (Å²) in [5.41, 5.74) is 0.889. The Morgan fingerprint density at radius 1 is 1.14 bits per heavy atom. The Balaban J connectivity index is 1.40. The number of halogens is 1. The van der Waals surface area contributed by atoms with Crippen molar-refractivity contribution in [1.29, 1.82) is 0 Å². The molecule has 1 N–H and O–H groups in total. The lowest BCUT2D eigenvalue weighted by Crippen LogP contribution is -2.49. The maximum atomic E-state index is 13.0. The molecule has 1 saturated heterocycles. The van der Waals surface area contributed by atoms with Gasteiger partial charge in [-0.1, -0.05) is 31.1 Å². The van der Waals surface area contributed by atoms with E-state index in [-0.39, 0.29) is 23.7 Å². The zero-order chi connectivity index (χ0) is 20.1. The normalized spacial score (nSPS) is 17.0. The molecule has 1 unspecified atom stereocenters. The van der Waals surface area contributed by atoms with Gasteiger partial charge >= 0.3 is 0 Å². The summed E-state index contributed by atoms with van der Waals surface area (Å²) in [6.45, 7) is 10.3. The summed E-state index contributed by atoms with van der Waals surface area (Å²) in [6, 6.07) is 6.06. The van der Waals surface area contributed by atoms with Crippen LogP contribution >= 0.6 is 0 Å². The molecule has 0 bridgehead atoms. The number of amides is 1. The predicted molar refractivity (Wildman–Crippen MR) is 103 cm³/mol. The van der Waals surface area contributed by atoms with Gasteiger partial charge in [0.05, 0.1) is 19.1 Å². The van der Waals surface area contributed by atoms with Gasteiger partial charge in [0, 0.05) is 32.1 Å². The second-order valence-electron chi connectivity index (χ2n) is 7.59. The van der Waals surface area contributed by atoms with E-state index in [9.17, 15) is 9.18 Å². The largest absolute Gasteiger partial charge is 0.348 e. The molecule has 7 nitrogen and oxygen atoms in total. The quantitative estimate of drug-likeness (QED) is 0.783. The molecule has 1 aromatic heterocycles. The number of aromatic nitrogens is 2. The van der Waals surface area contributed by atoms with E-state index in [1.54, 1.807) is 12.1 Å². The van der Waals surface area contributed by atoms with Crippen molar-refractivity contribution in [3.05, 3.63) is 47.4 Å². The molecule has 1 aromatic carbocycles. The highest BCUT2D eigenvalue weighted by atomic mass is 19.1. The van der Waals surface area contributed by atoms with Crippen LogP contribution in [0.5, 0.6) is 0 Å². The highest BCUT2D eigenvalue weighted by Gasteiger charge is 2.21. The van der Waals surface area contributed by atoms with Crippen LogP contribution in [0, 0.1) is 5.82 Å². The lowest BCUT2D eigenvalue weighted by atomic mass is 10.1. The molecule has 152 valence electrons. The maximum Gasteiger partial charge on any atom is 0.240 e. The third-order valence-electron chi connectivity index (χ3n) is 4.94. The average Bonchev–Trinajstić information content (AvgIpc) is 3.12. The second kappa shape index (κ2) is 9.25. The third-order valence-corrected chi connectivity index (χ3v) is 4.94. The number of carbonyl (C=O) groups is 1. The maximum absolute atomic E-state index is 13.0. The number of nitrogens with one attached hydrogen (secondary N) is 1. The monoisotopic (exact) mass is 389 g/mol. The number of hydrogen-bond donors (Lipinski definition) is 1. The molecule has 2 heterocycles. The summed E-state index contributed by atoms with van der Waals surface area (Å²) in [7, 11) is 0. The van der Waals surface area contributed by atoms with E-state index in [1.807, 2.05) is 20.8 Å². The standard InChI is InChI=1S/C20H28FN5O2/c1-14(2)20-23-19(28-24-20)13-26-10-8-25(9-11-26)12-18(27)22-15(3)16-4-6-17(21)7-5-16/h4-7,14-15H,8-13H2,1-3H3,(H,22,27). The Morgan fingerprint density at radius 2 is 1.79 bits per heavy atom. The van der Waals surface area contributed by atoms with Gasteiger partial charge in [-0.25, -0.2) is 4.39 Å². The van der Waals surface area contributed by atoms with Gasteiger partial charge in [-0.3, -0.25) is 14.6 Å². The molecule has 2 aromatic rings. The van der Waals surface area contributed by atoms with Crippen LogP contribution in [0.2, 0.25) is 0 Å². The molecule has 0 saturated carbocycles. The number of nitrogens with zero attached hydrogens (tertiary/aromatic N) is 4. The van der Waals surface area contributed by atoms with Crippen LogP contribution in [0.15, 0.2) is 28.8 Å². The summed E-state index contributed by atoms with van der Waals surface area (Å²) < 4.78 is 18.3. The molecular formula is C20H28FN5O2. The van der Waals surface area contributed by atoms with E-state index < -0.39 is 0 Å². The van der Waals surface area contributed by atoms with Crippen LogP contribution in [0.1, 0.15) is 50.0 Å². The number of benzene rings is 1. The van der Waals surface area contributed by atoms with Gasteiger partial charge < -0.3 is 9.84 Å². The SMILES string of the molecule is CC(C)c1noc(CN2CCN(CC(=O)NC(C)c3ccc(F)cc3)CC2)n1. The van der Waals surface area contributed by atoms with E-state index in [0.29, 0.717) is 19.0 Å². The molecule has 3 rings (SSSR count). The minimum atomic E-state index is -0.277. The van der Waals surface area contributed by atoms with Crippen molar-refractivity contribution in [3.8, 4) is 0 Å². The minimum Gasteiger partial charge on any atom is -0.348 e. The molecular weight excluding hydrogens is 361 g/mol. The number of rotatable bonds is 7. The first kappa shape index (κ1) is 20.4. The fourth-order valence-corrected chi connectivity index (χ4v) is 3.19. The minimum absolute atomic E-state index is 0.0243. The first-order valence-corrected chi connectivity index (χ1v) is 9.72. The zero-order valence-electron chi connectivity index (χ0n) is 16.7. The van der Waals surface area contributed by atoms with Crippen molar-refractivity contribution >= 4 is 5.91 Å². The Kier molecular flexibility index (Phi) is 6.74. The lowest BCUT2D eigenvalue weighted by Gasteiger charge is -2.33. The summed E-state index contributed by atoms with van der Waals surface area (Å²) in [5.74, 6) is 1.33. The van der Waals surface area contributed by atoms with Gasteiger partial charge in [-0.2, -0.15) is 4.98 Å². The van der Waals surface area contributed by atoms with Crippen molar-refractivity contribution in [2.45, 2.75) is 39.3 Å². The van der Waals surface area contributed by atoms with E-state index in [0.717, 1.165) is 37.6 Å². The van der Waals surface area contributed by atoms with Gasteiger partial charge in [0.25, 0.3) is 0 Å². The molecule has 1 fully saturated rings. The molecule has 28 heavy (non-hydrogen) atoms. The molecule has 0 aliphatic carbocycles. The molecule has 1 aliphatic rings. The highest BCUT2D eigenvalue weighted by molar-refractivity contribution is 5.78. The summed E-state index contributed by atoms with van der Waals surface area (Å²) in [4.78, 5) is 21.1. The van der Waals surface area contributed by atoms with Gasteiger partial charge in [0.1, 0.15) is 5.82 Å². The van der Waals surface area contributed by atoms with Crippen LogP contribution in [0.25, 0.3) is 0 Å². The van der Waals surface area contributed by atoms with Crippen LogP contribution in [-0.4, -0.2) is 58.6 Å². The molecule has 8 heteroatoms. The second-order valence-corrected chi connectivity index (χ2v) is 7.59. The van der Waals surface area contributed by atoms with E-state index in [1.165, 1.54) is 12.1 Å². The van der Waals surface area contributed by atoms with E-state index in [4.69, 9.17) is 4.52 Å². The summed E-state index contributed by atoms with van der Waals surface area (Å²) in [6.07, 6.45) is 0. The molecule has 0 radical (unpaired) electrons. The Labute approximate surface area is 164 Å². The van der Waals surface area contributed by atoms with Gasteiger partial charge in [-0.15, -0.1) is 0 Å². The summed E-state index contributed by atoms with van der Waals surface area (Å²) in [5, 5.41) is 6.97. The van der Waals surface area contributed by atoms with Gasteiger partial charge in [0.15, 0.2) is 5.82 Å². The average molecular weight is 389 g/mol. The smallest absolute Gasteiger partial charge is 0.240 e. The Hall–Kier alpha value is -2.32. The van der Waals surface area contributed by atoms with Crippen LogP contribution in [-0.2, 0) is 11.3 Å². The number of carbonyl (C=O) groups excluding carboxylic acids is 1. The lowest BCUT2D eigenvalue weighted by molar-refractivity contribution is -0.123. The number of piperazine rings is 1. The van der Waals surface area contributed by atoms with Gasteiger partial charge in [0.2, 0.25) is 11.8 Å². The molecule has 1 aliphatic heterocycles. The van der Waals surface area contributed by atoms with Crippen LogP contribution < -0.4 is 5.32 Å². The Morgan fingerprint density at radius 3 is 2.39 bits per heavy atom. The fourth-order valence-electron chi connectivity index (χ4n) is 3.19. The highest BCUT2D eigenvalue weighted by Crippen LogP contribution is 2.14. The first-order chi connectivity index (χ1) is 13.4. The summed E-state index contributed by atoms with van der Waals surface area (Å²) >= 11 is 0. The van der Waals surface area contributed by atoms with Crippen molar-refractivity contribution < 1.29 is 13.7 Å². The van der Waals surface area contributed by atoms with E-state index >= 15 is 0 Å². The molecule has 1 atom stereocenters. The number of hydrogen-bond acceptors (Lipinski definition) is 6. The van der Waals surface area contributed by atoms with Crippen LogP contribution in [0.4, 0.5) is 4.39 Å². The van der Waals surface area contributed by atoms with Crippen LogP contribution in [0.3, 0.4) is 0 Å². The van der Waals surface area contributed by atoms with E-state index in [2.05, 4.69) is 25.3 Å². The first-order valence-electron chi connectivity index (χ1n) is 9.72. The topological polar surface area (TPSA) is 74.5 Å². The van der Waals surface area contributed by atoms with Gasteiger partial charge in [-0.05, 0) is 24.6 Å². The zero-order valence-corrected chi connectivity index (χ0v) is 16.7. The molecule has 0 spiro atoms. The van der Waals surface area contributed by atoms with Crippen molar-refractivity contribution in [1.82, 2.24) is 25.3 Å². The predicted octanol–water partition coefficient (Wildman–Crippen LogP) is 2.33.